The van der Waals surface area contributed by atoms with Gasteiger partial charge in [0.15, 0.2) is 5.16 Å². The fourth-order valence-electron chi connectivity index (χ4n) is 1.49. The molecule has 0 radical (unpaired) electrons. The minimum absolute atomic E-state index is 0.232. The number of rotatable bonds is 6. The molecule has 5 nitrogen and oxygen atoms in total. The first-order valence-corrected chi connectivity index (χ1v) is 7.80. The molecule has 3 N–H and O–H groups in total. The topological polar surface area (TPSA) is 81.0 Å². The summed E-state index contributed by atoms with van der Waals surface area (Å²) in [4.78, 5) is 17.9. The van der Waals surface area contributed by atoms with Crippen LogP contribution in [0, 0.1) is 0 Å². The summed E-state index contributed by atoms with van der Waals surface area (Å²) in [6.45, 7) is 0.599. The summed E-state index contributed by atoms with van der Waals surface area (Å²) in [5, 5.41) is 0.538. The van der Waals surface area contributed by atoms with Crippen molar-refractivity contribution < 1.29 is 4.74 Å². The third-order valence-corrected chi connectivity index (χ3v) is 3.98. The van der Waals surface area contributed by atoms with E-state index in [-0.39, 0.29) is 11.4 Å². The minimum Gasteiger partial charge on any atom is -0.492 e. The lowest BCUT2D eigenvalue weighted by molar-refractivity contribution is 0.317. The van der Waals surface area contributed by atoms with Crippen molar-refractivity contribution in [2.75, 3.05) is 18.1 Å². The maximum atomic E-state index is 11.2. The van der Waals surface area contributed by atoms with Gasteiger partial charge >= 0.3 is 0 Å². The third-order valence-electron chi connectivity index (χ3n) is 2.36. The molecule has 0 saturated carbocycles. The third kappa shape index (κ3) is 4.57. The minimum atomic E-state index is -0.232. The average Bonchev–Trinajstić information content (AvgIpc) is 2.39. The highest BCUT2D eigenvalue weighted by molar-refractivity contribution is 9.10. The molecule has 0 aliphatic heterocycles. The molecule has 2 rings (SSSR count). The Kier molecular flexibility index (Phi) is 5.49. The maximum Gasteiger partial charge on any atom is 0.253 e. The molecule has 0 aliphatic rings. The highest BCUT2D eigenvalue weighted by atomic mass is 79.9. The highest BCUT2D eigenvalue weighted by Gasteiger charge is 2.01. The number of hydrogen-bond donors (Lipinski definition) is 2. The van der Waals surface area contributed by atoms with Gasteiger partial charge in [0.05, 0.1) is 11.1 Å². The fourth-order valence-corrected chi connectivity index (χ4v) is 2.69. The number of aromatic amines is 1. The van der Waals surface area contributed by atoms with E-state index in [1.807, 2.05) is 24.3 Å². The molecule has 0 spiro atoms. The van der Waals surface area contributed by atoms with E-state index in [1.165, 1.54) is 17.8 Å². The van der Waals surface area contributed by atoms with Crippen molar-refractivity contribution in [3.63, 3.8) is 0 Å². The van der Waals surface area contributed by atoms with E-state index >= 15 is 0 Å². The van der Waals surface area contributed by atoms with Gasteiger partial charge in [0.25, 0.3) is 5.56 Å². The number of anilines is 1. The molecule has 106 valence electrons. The number of nitrogens with two attached hydrogens (primary N) is 1. The molecule has 1 heterocycles. The molecule has 0 unspecified atom stereocenters. The molecular weight excluding hydrogens is 342 g/mol. The molecule has 20 heavy (non-hydrogen) atoms. The summed E-state index contributed by atoms with van der Waals surface area (Å²) in [6, 6.07) is 8.98. The number of ether oxygens (including phenoxy) is 1. The second kappa shape index (κ2) is 7.35. The van der Waals surface area contributed by atoms with Crippen LogP contribution in [0.5, 0.6) is 5.75 Å². The summed E-state index contributed by atoms with van der Waals surface area (Å²) in [5.41, 5.74) is 5.28. The highest BCUT2D eigenvalue weighted by Crippen LogP contribution is 2.24. The van der Waals surface area contributed by atoms with Crippen molar-refractivity contribution in [2.24, 2.45) is 0 Å². The zero-order chi connectivity index (χ0) is 14.4. The Morgan fingerprint density at radius 1 is 1.40 bits per heavy atom. The first kappa shape index (κ1) is 14.9. The van der Waals surface area contributed by atoms with E-state index in [0.717, 1.165) is 22.4 Å². The van der Waals surface area contributed by atoms with Gasteiger partial charge in [0.1, 0.15) is 11.6 Å². The number of aromatic nitrogens is 2. The smallest absolute Gasteiger partial charge is 0.253 e. The Hall–Kier alpha value is -1.47. The summed E-state index contributed by atoms with van der Waals surface area (Å²) >= 11 is 4.87. The monoisotopic (exact) mass is 355 g/mol. The summed E-state index contributed by atoms with van der Waals surface area (Å²) in [7, 11) is 0. The van der Waals surface area contributed by atoms with Crippen LogP contribution in [0.25, 0.3) is 0 Å². The maximum absolute atomic E-state index is 11.2. The van der Waals surface area contributed by atoms with Crippen LogP contribution in [0.3, 0.4) is 0 Å². The first-order chi connectivity index (χ1) is 9.65. The standard InChI is InChI=1S/C13H14BrN3O2S/c14-9-4-1-2-5-10(9)19-6-3-7-20-13-16-11(15)8-12(18)17-13/h1-2,4-5,8H,3,6-7H2,(H3,15,16,17,18). The van der Waals surface area contributed by atoms with Gasteiger partial charge in [0.2, 0.25) is 0 Å². The van der Waals surface area contributed by atoms with Crippen molar-refractivity contribution in [3.8, 4) is 5.75 Å². The number of H-pyrrole nitrogens is 1. The number of benzene rings is 1. The van der Waals surface area contributed by atoms with Crippen molar-refractivity contribution in [3.05, 3.63) is 45.2 Å². The number of nitrogens with zero attached hydrogens (tertiary/aromatic N) is 1. The molecular formula is C13H14BrN3O2S. The fraction of sp³-hybridized carbons (Fsp3) is 0.231. The van der Waals surface area contributed by atoms with Crippen molar-refractivity contribution in [1.29, 1.82) is 0 Å². The summed E-state index contributed by atoms with van der Waals surface area (Å²) in [5.74, 6) is 1.85. The molecule has 0 atom stereocenters. The molecule has 0 amide bonds. The van der Waals surface area contributed by atoms with Crippen LogP contribution in [0.2, 0.25) is 0 Å². The number of nitrogens with one attached hydrogen (secondary N) is 1. The lowest BCUT2D eigenvalue weighted by Gasteiger charge is -2.07. The van der Waals surface area contributed by atoms with E-state index in [4.69, 9.17) is 10.5 Å². The van der Waals surface area contributed by atoms with E-state index in [2.05, 4.69) is 25.9 Å². The molecule has 1 aromatic carbocycles. The van der Waals surface area contributed by atoms with Crippen LogP contribution in [0.4, 0.5) is 5.82 Å². The lowest BCUT2D eigenvalue weighted by atomic mass is 10.3. The Morgan fingerprint density at radius 3 is 2.95 bits per heavy atom. The van der Waals surface area contributed by atoms with E-state index in [9.17, 15) is 4.79 Å². The van der Waals surface area contributed by atoms with Crippen LogP contribution in [-0.2, 0) is 0 Å². The number of nitrogen functional groups attached to an aromatic ring is 1. The molecule has 7 heteroatoms. The van der Waals surface area contributed by atoms with Crippen LogP contribution < -0.4 is 16.0 Å². The Labute approximate surface area is 129 Å². The van der Waals surface area contributed by atoms with Gasteiger partial charge in [-0.2, -0.15) is 0 Å². The van der Waals surface area contributed by atoms with Gasteiger partial charge in [-0.05, 0) is 34.5 Å². The van der Waals surface area contributed by atoms with E-state index in [0.29, 0.717) is 11.8 Å². The van der Waals surface area contributed by atoms with Crippen LogP contribution >= 0.6 is 27.7 Å². The largest absolute Gasteiger partial charge is 0.492 e. The Balaban J connectivity index is 1.74. The molecule has 2 aromatic rings. The molecule has 0 aliphatic carbocycles. The summed E-state index contributed by atoms with van der Waals surface area (Å²) < 4.78 is 6.58. The number of para-hydroxylation sites is 1. The Morgan fingerprint density at radius 2 is 2.20 bits per heavy atom. The van der Waals surface area contributed by atoms with Gasteiger partial charge < -0.3 is 15.5 Å². The summed E-state index contributed by atoms with van der Waals surface area (Å²) in [6.07, 6.45) is 0.838. The first-order valence-electron chi connectivity index (χ1n) is 6.02. The quantitative estimate of drug-likeness (QED) is 0.473. The van der Waals surface area contributed by atoms with Gasteiger partial charge in [-0.3, -0.25) is 4.79 Å². The van der Waals surface area contributed by atoms with Gasteiger partial charge in [0, 0.05) is 11.8 Å². The van der Waals surface area contributed by atoms with Crippen LogP contribution in [-0.4, -0.2) is 22.3 Å². The average molecular weight is 356 g/mol. The molecule has 0 fully saturated rings. The number of hydrogen-bond acceptors (Lipinski definition) is 5. The lowest BCUT2D eigenvalue weighted by Crippen LogP contribution is -2.09. The van der Waals surface area contributed by atoms with Gasteiger partial charge in [-0.25, -0.2) is 4.98 Å². The van der Waals surface area contributed by atoms with Crippen molar-refractivity contribution in [2.45, 2.75) is 11.6 Å². The predicted octanol–water partition coefficient (Wildman–Crippen LogP) is 2.68. The SMILES string of the molecule is Nc1cc(=O)[nH]c(SCCCOc2ccccc2Br)n1. The van der Waals surface area contributed by atoms with Crippen LogP contribution in [0.1, 0.15) is 6.42 Å². The number of halogens is 1. The second-order valence-corrected chi connectivity index (χ2v) is 5.89. The number of thioether (sulfide) groups is 1. The zero-order valence-electron chi connectivity index (χ0n) is 10.6. The van der Waals surface area contributed by atoms with Crippen molar-refractivity contribution in [1.82, 2.24) is 9.97 Å². The van der Waals surface area contributed by atoms with E-state index < -0.39 is 0 Å². The second-order valence-electron chi connectivity index (χ2n) is 3.96. The van der Waals surface area contributed by atoms with Crippen LogP contribution in [0.15, 0.2) is 44.8 Å². The zero-order valence-corrected chi connectivity index (χ0v) is 13.0. The van der Waals surface area contributed by atoms with Crippen molar-refractivity contribution >= 4 is 33.5 Å². The molecule has 0 saturated heterocycles. The molecule has 0 bridgehead atoms. The Bertz CT molecular complexity index is 633. The normalized spacial score (nSPS) is 10.4. The van der Waals surface area contributed by atoms with Gasteiger partial charge in [-0.15, -0.1) is 0 Å². The molecule has 1 aromatic heterocycles. The predicted molar refractivity (Wildman–Crippen MR) is 84.2 cm³/mol. The van der Waals surface area contributed by atoms with E-state index in [1.54, 1.807) is 0 Å². The van der Waals surface area contributed by atoms with Gasteiger partial charge in [-0.1, -0.05) is 23.9 Å².